The van der Waals surface area contributed by atoms with Gasteiger partial charge in [-0.1, -0.05) is 80.6 Å². The highest BCUT2D eigenvalue weighted by atomic mass is 19.4. The number of halogens is 3. The quantitative estimate of drug-likeness (QED) is 0.144. The highest BCUT2D eigenvalue weighted by Crippen LogP contribution is 2.44. The number of nitrogens with zero attached hydrogens (tertiary/aromatic N) is 3. The number of aromatic nitrogens is 2. The van der Waals surface area contributed by atoms with Crippen LogP contribution >= 0.6 is 0 Å². The number of Topliss-reactive ketones (excluding diaryl/α,β-unsaturated/α-hetero) is 1. The summed E-state index contributed by atoms with van der Waals surface area (Å²) < 4.78 is 51.7. The molecule has 2 heterocycles. The smallest absolute Gasteiger partial charge is 0.416 e. The lowest BCUT2D eigenvalue weighted by Gasteiger charge is -2.26. The number of benzene rings is 3. The lowest BCUT2D eigenvalue weighted by Crippen LogP contribution is -2.32. The molecule has 0 saturated carbocycles. The van der Waals surface area contributed by atoms with Crippen LogP contribution < -0.4 is 4.90 Å². The standard InChI is InChI=1S/C35H30F3N3O5/c1-20(2)22-11-13-24(14-12-22)30(42)28-29(23-15-17-26(18-16-23)35(36,37)38)41(27-19-10-21(3)39-40-27)33(43)32(28)46-31(34(44)45-4)25-8-6-5-7-9-25/h5-20,29,31H,1-4H3/t29?,31-/m1/s1. The Kier molecular flexibility index (Phi) is 9.04. The zero-order chi connectivity index (χ0) is 33.2. The number of esters is 1. The van der Waals surface area contributed by atoms with Gasteiger partial charge in [-0.15, -0.1) is 5.10 Å². The summed E-state index contributed by atoms with van der Waals surface area (Å²) >= 11 is 0. The van der Waals surface area contributed by atoms with Gasteiger partial charge in [0.25, 0.3) is 5.91 Å². The first kappa shape index (κ1) is 32.1. The Hall–Kier alpha value is -5.32. The molecule has 1 aliphatic heterocycles. The van der Waals surface area contributed by atoms with Gasteiger partial charge < -0.3 is 9.47 Å². The molecule has 2 atom stereocenters. The number of anilines is 1. The number of hydrogen-bond donors (Lipinski definition) is 0. The third-order valence-electron chi connectivity index (χ3n) is 7.61. The molecule has 0 radical (unpaired) electrons. The largest absolute Gasteiger partial charge is 0.468 e. The fraction of sp³-hybridized carbons (Fsp3) is 0.229. The van der Waals surface area contributed by atoms with Gasteiger partial charge in [-0.3, -0.25) is 14.5 Å². The number of alkyl halides is 3. The summed E-state index contributed by atoms with van der Waals surface area (Å²) in [5, 5.41) is 8.20. The van der Waals surface area contributed by atoms with Crippen molar-refractivity contribution in [3.63, 3.8) is 0 Å². The van der Waals surface area contributed by atoms with Crippen LogP contribution in [-0.4, -0.2) is 35.0 Å². The van der Waals surface area contributed by atoms with Gasteiger partial charge in [0.2, 0.25) is 6.10 Å². The number of carbonyl (C=O) groups excluding carboxylic acids is 3. The predicted molar refractivity (Wildman–Crippen MR) is 163 cm³/mol. The van der Waals surface area contributed by atoms with Gasteiger partial charge >= 0.3 is 12.1 Å². The van der Waals surface area contributed by atoms with Crippen LogP contribution in [0.15, 0.2) is 102 Å². The number of methoxy groups -OCH3 is 1. The van der Waals surface area contributed by atoms with E-state index in [1.54, 1.807) is 67.6 Å². The molecule has 0 bridgehead atoms. The van der Waals surface area contributed by atoms with Gasteiger partial charge in [0.1, 0.15) is 0 Å². The topological polar surface area (TPSA) is 98.7 Å². The molecule has 236 valence electrons. The van der Waals surface area contributed by atoms with Crippen LogP contribution in [0.5, 0.6) is 0 Å². The molecule has 1 unspecified atom stereocenters. The van der Waals surface area contributed by atoms with E-state index in [2.05, 4.69) is 10.2 Å². The van der Waals surface area contributed by atoms with E-state index >= 15 is 0 Å². The average molecular weight is 630 g/mol. The second-order valence-electron chi connectivity index (χ2n) is 11.0. The molecule has 0 N–H and O–H groups in total. The summed E-state index contributed by atoms with van der Waals surface area (Å²) in [4.78, 5) is 42.9. The van der Waals surface area contributed by atoms with Crippen molar-refractivity contribution in [3.8, 4) is 0 Å². The Morgan fingerprint density at radius 2 is 1.50 bits per heavy atom. The van der Waals surface area contributed by atoms with E-state index in [4.69, 9.17) is 9.47 Å². The number of amides is 1. The van der Waals surface area contributed by atoms with Crippen LogP contribution in [-0.2, 0) is 25.2 Å². The maximum Gasteiger partial charge on any atom is 0.416 e. The maximum absolute atomic E-state index is 14.4. The number of ketones is 1. The molecule has 8 nitrogen and oxygen atoms in total. The second kappa shape index (κ2) is 13.0. The Morgan fingerprint density at radius 1 is 0.848 bits per heavy atom. The summed E-state index contributed by atoms with van der Waals surface area (Å²) in [6.07, 6.45) is -6.06. The number of carbonyl (C=O) groups is 3. The molecule has 1 aromatic heterocycles. The van der Waals surface area contributed by atoms with Crippen molar-refractivity contribution in [2.75, 3.05) is 12.0 Å². The molecular formula is C35H30F3N3O5. The van der Waals surface area contributed by atoms with E-state index in [1.807, 2.05) is 13.8 Å². The van der Waals surface area contributed by atoms with Crippen molar-refractivity contribution in [1.29, 1.82) is 0 Å². The first-order valence-electron chi connectivity index (χ1n) is 14.4. The molecule has 11 heteroatoms. The first-order chi connectivity index (χ1) is 21.9. The molecule has 4 aromatic rings. The van der Waals surface area contributed by atoms with Crippen LogP contribution in [0.3, 0.4) is 0 Å². The number of rotatable bonds is 9. The molecular weight excluding hydrogens is 599 g/mol. The highest BCUT2D eigenvalue weighted by molar-refractivity contribution is 6.21. The van der Waals surface area contributed by atoms with E-state index in [0.29, 0.717) is 11.3 Å². The van der Waals surface area contributed by atoms with Gasteiger partial charge in [-0.25, -0.2) is 4.79 Å². The minimum atomic E-state index is -4.61. The lowest BCUT2D eigenvalue weighted by atomic mass is 9.91. The van der Waals surface area contributed by atoms with E-state index in [0.717, 1.165) is 29.7 Å². The van der Waals surface area contributed by atoms with Crippen molar-refractivity contribution >= 4 is 23.5 Å². The van der Waals surface area contributed by atoms with E-state index in [1.165, 1.54) is 18.2 Å². The van der Waals surface area contributed by atoms with Crippen molar-refractivity contribution in [1.82, 2.24) is 10.2 Å². The van der Waals surface area contributed by atoms with Crippen LogP contribution in [0.1, 0.15) is 70.2 Å². The van der Waals surface area contributed by atoms with Gasteiger partial charge in [-0.05, 0) is 48.2 Å². The zero-order valence-electron chi connectivity index (χ0n) is 25.4. The lowest BCUT2D eigenvalue weighted by molar-refractivity contribution is -0.152. The van der Waals surface area contributed by atoms with Gasteiger partial charge in [0, 0.05) is 11.1 Å². The monoisotopic (exact) mass is 629 g/mol. The van der Waals surface area contributed by atoms with Crippen LogP contribution in [0, 0.1) is 6.92 Å². The Balaban J connectivity index is 1.74. The fourth-order valence-corrected chi connectivity index (χ4v) is 5.14. The number of hydrogen-bond acceptors (Lipinski definition) is 7. The van der Waals surface area contributed by atoms with Gasteiger partial charge in [0.15, 0.2) is 17.4 Å². The third-order valence-corrected chi connectivity index (χ3v) is 7.61. The van der Waals surface area contributed by atoms with Crippen molar-refractivity contribution in [3.05, 3.63) is 136 Å². The van der Waals surface area contributed by atoms with Crippen molar-refractivity contribution in [2.24, 2.45) is 0 Å². The Bertz CT molecular complexity index is 1770. The minimum Gasteiger partial charge on any atom is -0.468 e. The SMILES string of the molecule is COC(=O)[C@H](OC1=C(C(=O)c2ccc(C(C)C)cc2)C(c2ccc(C(F)(F)F)cc2)N(c2ccc(C)nn2)C1=O)c1ccccc1. The molecule has 1 aliphatic rings. The van der Waals surface area contributed by atoms with E-state index in [-0.39, 0.29) is 28.4 Å². The second-order valence-corrected chi connectivity index (χ2v) is 11.0. The van der Waals surface area contributed by atoms with Crippen LogP contribution in [0.2, 0.25) is 0 Å². The first-order valence-corrected chi connectivity index (χ1v) is 14.4. The normalized spacial score (nSPS) is 15.7. The molecule has 5 rings (SSSR count). The minimum absolute atomic E-state index is 0.0221. The number of ether oxygens (including phenoxy) is 2. The summed E-state index contributed by atoms with van der Waals surface area (Å²) in [5.41, 5.74) is 1.15. The molecule has 3 aromatic carbocycles. The van der Waals surface area contributed by atoms with Crippen molar-refractivity contribution < 1.29 is 37.0 Å². The molecule has 0 aliphatic carbocycles. The molecule has 0 saturated heterocycles. The molecule has 0 spiro atoms. The van der Waals surface area contributed by atoms with Crippen LogP contribution in [0.4, 0.5) is 19.0 Å². The fourth-order valence-electron chi connectivity index (χ4n) is 5.14. The average Bonchev–Trinajstić information content (AvgIpc) is 3.34. The Morgan fingerprint density at radius 3 is 2.04 bits per heavy atom. The van der Waals surface area contributed by atoms with Gasteiger partial charge in [0.05, 0.1) is 30.0 Å². The van der Waals surface area contributed by atoms with E-state index < -0.39 is 47.3 Å². The number of aryl methyl sites for hydroxylation is 1. The summed E-state index contributed by atoms with van der Waals surface area (Å²) in [7, 11) is 1.16. The molecule has 46 heavy (non-hydrogen) atoms. The van der Waals surface area contributed by atoms with E-state index in [9.17, 15) is 27.6 Å². The summed E-state index contributed by atoms with van der Waals surface area (Å²) in [5.74, 6) is -2.56. The summed E-state index contributed by atoms with van der Waals surface area (Å²) in [6.45, 7) is 5.69. The maximum atomic E-state index is 14.4. The summed E-state index contributed by atoms with van der Waals surface area (Å²) in [6, 6.07) is 21.0. The molecule has 0 fully saturated rings. The highest BCUT2D eigenvalue weighted by Gasteiger charge is 2.48. The Labute approximate surface area is 263 Å². The third kappa shape index (κ3) is 6.39. The van der Waals surface area contributed by atoms with Gasteiger partial charge in [-0.2, -0.15) is 18.3 Å². The van der Waals surface area contributed by atoms with Crippen LogP contribution in [0.25, 0.3) is 0 Å². The predicted octanol–water partition coefficient (Wildman–Crippen LogP) is 7.08. The van der Waals surface area contributed by atoms with Crippen molar-refractivity contribution in [2.45, 2.75) is 45.0 Å². The zero-order valence-corrected chi connectivity index (χ0v) is 25.4. The molecule has 1 amide bonds.